The number of aliphatic hydroxyl groups excluding tert-OH is 1. The predicted octanol–water partition coefficient (Wildman–Crippen LogP) is 7.50. The first-order valence-electron chi connectivity index (χ1n) is 14.2. The summed E-state index contributed by atoms with van der Waals surface area (Å²) in [5.41, 5.74) is 10.3. The van der Waals surface area contributed by atoms with Crippen molar-refractivity contribution in [1.82, 2.24) is 0 Å². The number of nitrogens with two attached hydrogens (primary N) is 1. The molecule has 0 radical (unpaired) electrons. The summed E-state index contributed by atoms with van der Waals surface area (Å²) in [6.07, 6.45) is 15.1. The summed E-state index contributed by atoms with van der Waals surface area (Å²) in [5.74, 6) is 1.34. The monoisotopic (exact) mass is 455 g/mol. The van der Waals surface area contributed by atoms with Gasteiger partial charge in [-0.15, -0.1) is 0 Å². The Morgan fingerprint density at radius 1 is 0.818 bits per heavy atom. The van der Waals surface area contributed by atoms with Gasteiger partial charge in [-0.2, -0.15) is 0 Å². The van der Waals surface area contributed by atoms with Crippen LogP contribution < -0.4 is 5.73 Å². The maximum atomic E-state index is 10.9. The molecule has 0 saturated heterocycles. The first kappa shape index (κ1) is 24.4. The molecule has 0 bridgehead atoms. The minimum absolute atomic E-state index is 0.0276. The molecule has 0 aliphatic heterocycles. The van der Waals surface area contributed by atoms with Gasteiger partial charge in [-0.1, -0.05) is 67.0 Å². The van der Waals surface area contributed by atoms with Crippen LogP contribution in [0.2, 0.25) is 0 Å². The molecule has 4 saturated carbocycles. The second-order valence-electron chi connectivity index (χ2n) is 15.8. The van der Waals surface area contributed by atoms with Crippen LogP contribution in [-0.2, 0) is 0 Å². The van der Waals surface area contributed by atoms with Crippen LogP contribution in [0.3, 0.4) is 0 Å². The molecule has 2 heteroatoms. The lowest BCUT2D eigenvalue weighted by molar-refractivity contribution is -0.209. The molecule has 5 rings (SSSR count). The molecule has 5 aliphatic carbocycles. The Hall–Kier alpha value is -0.340. The molecule has 3 N–H and O–H groups in total. The van der Waals surface area contributed by atoms with Gasteiger partial charge in [0, 0.05) is 0 Å². The molecule has 8 atom stereocenters. The van der Waals surface area contributed by atoms with Crippen molar-refractivity contribution in [1.29, 1.82) is 0 Å². The van der Waals surface area contributed by atoms with Crippen molar-refractivity contribution in [3.05, 3.63) is 11.6 Å². The van der Waals surface area contributed by atoms with Crippen LogP contribution in [0.25, 0.3) is 0 Å². The van der Waals surface area contributed by atoms with E-state index in [2.05, 4.69) is 61.5 Å². The molecule has 0 aromatic carbocycles. The lowest BCUT2D eigenvalue weighted by Crippen LogP contribution is -2.66. The first-order valence-corrected chi connectivity index (χ1v) is 14.2. The minimum atomic E-state index is -0.145. The highest BCUT2D eigenvalue weighted by Gasteiger charge is 2.70. The Kier molecular flexibility index (Phi) is 5.10. The molecule has 0 heterocycles. The average Bonchev–Trinajstić information content (AvgIpc) is 2.71. The van der Waals surface area contributed by atoms with Gasteiger partial charge in [-0.25, -0.2) is 0 Å². The van der Waals surface area contributed by atoms with Gasteiger partial charge >= 0.3 is 0 Å². The Bertz CT molecular complexity index is 857. The van der Waals surface area contributed by atoms with E-state index in [0.29, 0.717) is 22.2 Å². The van der Waals surface area contributed by atoms with E-state index in [0.717, 1.165) is 18.9 Å². The van der Waals surface area contributed by atoms with E-state index < -0.39 is 0 Å². The zero-order valence-corrected chi connectivity index (χ0v) is 23.1. The topological polar surface area (TPSA) is 46.2 Å². The third-order valence-electron chi connectivity index (χ3n) is 13.8. The summed E-state index contributed by atoms with van der Waals surface area (Å²) in [6.45, 7) is 21.2. The molecule has 5 aliphatic rings. The maximum absolute atomic E-state index is 10.9. The smallest absolute Gasteiger partial charge is 0.0594 e. The molecule has 33 heavy (non-hydrogen) atoms. The summed E-state index contributed by atoms with van der Waals surface area (Å²) in [5, 5.41) is 10.9. The predicted molar refractivity (Wildman–Crippen MR) is 139 cm³/mol. The third kappa shape index (κ3) is 2.80. The van der Waals surface area contributed by atoms with Gasteiger partial charge in [0.25, 0.3) is 0 Å². The summed E-state index contributed by atoms with van der Waals surface area (Å²) >= 11 is 0. The first-order chi connectivity index (χ1) is 15.1. The Morgan fingerprint density at radius 3 is 2.15 bits per heavy atom. The van der Waals surface area contributed by atoms with Gasteiger partial charge in [0.15, 0.2) is 0 Å². The van der Waals surface area contributed by atoms with Crippen molar-refractivity contribution in [3.63, 3.8) is 0 Å². The van der Waals surface area contributed by atoms with E-state index in [4.69, 9.17) is 5.73 Å². The zero-order chi connectivity index (χ0) is 24.3. The maximum Gasteiger partial charge on any atom is 0.0594 e. The summed E-state index contributed by atoms with van der Waals surface area (Å²) in [4.78, 5) is 0. The molecule has 0 aromatic rings. The van der Waals surface area contributed by atoms with Crippen LogP contribution >= 0.6 is 0 Å². The van der Waals surface area contributed by atoms with Crippen molar-refractivity contribution in [2.45, 2.75) is 126 Å². The highest BCUT2D eigenvalue weighted by atomic mass is 16.3. The highest BCUT2D eigenvalue weighted by Crippen LogP contribution is 2.78. The molecule has 1 unspecified atom stereocenters. The fourth-order valence-corrected chi connectivity index (χ4v) is 11.5. The molecule has 2 nitrogen and oxygen atoms in total. The largest absolute Gasteiger partial charge is 0.393 e. The van der Waals surface area contributed by atoms with Crippen LogP contribution in [0.15, 0.2) is 11.6 Å². The van der Waals surface area contributed by atoms with E-state index >= 15 is 0 Å². The summed E-state index contributed by atoms with van der Waals surface area (Å²) in [6, 6.07) is 0. The molecule has 0 aromatic heterocycles. The quantitative estimate of drug-likeness (QED) is 0.402. The zero-order valence-electron chi connectivity index (χ0n) is 23.1. The second kappa shape index (κ2) is 6.90. The van der Waals surface area contributed by atoms with Crippen LogP contribution in [0, 0.1) is 49.7 Å². The van der Waals surface area contributed by atoms with Crippen molar-refractivity contribution in [2.24, 2.45) is 55.5 Å². The molecule has 188 valence electrons. The molecule has 0 spiro atoms. The Labute approximate surface area is 204 Å². The molecular formula is C31H53NO. The molecule has 4 fully saturated rings. The SMILES string of the molecule is CC1(C)CC[C@]2(CN)CC[C@]3(C)C(=CC[C@@H]4[C@@]5(C)CC[C@H](O)C(C)(C)[C@@H]5CC[C@]43C)C2(C)C1. The van der Waals surface area contributed by atoms with Gasteiger partial charge in [-0.3, -0.25) is 0 Å². The second-order valence-corrected chi connectivity index (χ2v) is 15.8. The van der Waals surface area contributed by atoms with Crippen molar-refractivity contribution in [3.8, 4) is 0 Å². The van der Waals surface area contributed by atoms with Crippen LogP contribution in [0.5, 0.6) is 0 Å². The van der Waals surface area contributed by atoms with Gasteiger partial charge in [-0.05, 0) is 120 Å². The van der Waals surface area contributed by atoms with Gasteiger partial charge in [0.2, 0.25) is 0 Å². The third-order valence-corrected chi connectivity index (χ3v) is 13.8. The fraction of sp³-hybridized carbons (Fsp3) is 0.935. The Morgan fingerprint density at radius 2 is 1.48 bits per heavy atom. The highest BCUT2D eigenvalue weighted by molar-refractivity contribution is 5.37. The average molecular weight is 456 g/mol. The minimum Gasteiger partial charge on any atom is -0.393 e. The van der Waals surface area contributed by atoms with Crippen molar-refractivity contribution >= 4 is 0 Å². The van der Waals surface area contributed by atoms with Crippen LogP contribution in [0.4, 0.5) is 0 Å². The number of hydrogen-bond acceptors (Lipinski definition) is 2. The van der Waals surface area contributed by atoms with Gasteiger partial charge < -0.3 is 10.8 Å². The van der Waals surface area contributed by atoms with E-state index in [1.807, 2.05) is 0 Å². The van der Waals surface area contributed by atoms with E-state index in [1.54, 1.807) is 5.57 Å². The molecule has 0 amide bonds. The van der Waals surface area contributed by atoms with Crippen LogP contribution in [0.1, 0.15) is 120 Å². The standard InChI is InChI=1S/C31H53NO/c1-25(2)15-17-31(20-32)18-16-29(7)23(30(31,8)19-25)10-9-22-27(5)13-12-24(33)26(3,4)21(27)11-14-28(22,29)6/h10,21-22,24,33H,9,11-20,32H2,1-8H3/t21-,22+,24-,27-,28+,29+,30?,31+/m0/s1. The van der Waals surface area contributed by atoms with Crippen LogP contribution in [-0.4, -0.2) is 17.8 Å². The van der Waals surface area contributed by atoms with E-state index in [1.165, 1.54) is 57.8 Å². The lowest BCUT2D eigenvalue weighted by atomic mass is 9.31. The van der Waals surface area contributed by atoms with Crippen molar-refractivity contribution in [2.75, 3.05) is 6.54 Å². The normalized spacial score (nSPS) is 54.8. The van der Waals surface area contributed by atoms with Gasteiger partial charge in [0.05, 0.1) is 6.10 Å². The van der Waals surface area contributed by atoms with Gasteiger partial charge in [0.1, 0.15) is 0 Å². The number of aliphatic hydroxyl groups is 1. The number of rotatable bonds is 1. The van der Waals surface area contributed by atoms with E-state index in [9.17, 15) is 5.11 Å². The number of fused-ring (bicyclic) bond motifs is 7. The van der Waals surface area contributed by atoms with E-state index in [-0.39, 0.29) is 27.8 Å². The summed E-state index contributed by atoms with van der Waals surface area (Å²) < 4.78 is 0. The van der Waals surface area contributed by atoms with Crippen molar-refractivity contribution < 1.29 is 5.11 Å². The lowest BCUT2D eigenvalue weighted by Gasteiger charge is -2.73. The number of hydrogen-bond donors (Lipinski definition) is 2. The summed E-state index contributed by atoms with van der Waals surface area (Å²) in [7, 11) is 0. The fourth-order valence-electron chi connectivity index (χ4n) is 11.5. The number of allylic oxidation sites excluding steroid dienone is 2. The molecular weight excluding hydrogens is 402 g/mol. The Balaban J connectivity index is 1.62.